The molecule has 2 fully saturated rings. The van der Waals surface area contributed by atoms with Gasteiger partial charge in [-0.1, -0.05) is 55.7 Å². The van der Waals surface area contributed by atoms with E-state index in [9.17, 15) is 0 Å². The van der Waals surface area contributed by atoms with Gasteiger partial charge in [0.1, 0.15) is 5.82 Å². The van der Waals surface area contributed by atoms with Gasteiger partial charge in [-0.05, 0) is 82.7 Å². The second kappa shape index (κ2) is 15.8. The third-order valence-electron chi connectivity index (χ3n) is 7.80. The molecule has 6 heteroatoms. The van der Waals surface area contributed by atoms with E-state index in [0.29, 0.717) is 30.6 Å². The van der Waals surface area contributed by atoms with Crippen LogP contribution in [0.2, 0.25) is 0 Å². The molecule has 2 aliphatic carbocycles. The Morgan fingerprint density at radius 3 is 2.62 bits per heavy atom. The van der Waals surface area contributed by atoms with Gasteiger partial charge in [-0.15, -0.1) is 0 Å². The molecular formula is C31H51N5O. The van der Waals surface area contributed by atoms with Crippen LogP contribution in [0.1, 0.15) is 65.2 Å². The Hall–Kier alpha value is -2.41. The van der Waals surface area contributed by atoms with Crippen LogP contribution in [-0.2, 0) is 4.74 Å². The summed E-state index contributed by atoms with van der Waals surface area (Å²) in [4.78, 5) is 4.32. The molecule has 2 saturated carbocycles. The van der Waals surface area contributed by atoms with Gasteiger partial charge in [0.2, 0.25) is 0 Å². The minimum atomic E-state index is -0.347. The summed E-state index contributed by atoms with van der Waals surface area (Å²) in [5.74, 6) is 1.89. The van der Waals surface area contributed by atoms with Gasteiger partial charge in [0.15, 0.2) is 0 Å². The molecule has 0 bridgehead atoms. The van der Waals surface area contributed by atoms with Crippen molar-refractivity contribution in [2.45, 2.75) is 82.9 Å². The molecule has 0 aromatic rings. The second-order valence-electron chi connectivity index (χ2n) is 10.6. The number of hydrogen-bond donors (Lipinski definition) is 4. The number of rotatable bonds is 19. The summed E-state index contributed by atoms with van der Waals surface area (Å²) in [5.41, 5.74) is 15.7. The molecule has 0 saturated heterocycles. The molecule has 0 heterocycles. The highest BCUT2D eigenvalue weighted by Crippen LogP contribution is 2.45. The smallest absolute Gasteiger partial charge is 0.118 e. The Bertz CT molecular complexity index is 880. The number of methoxy groups -OCH3 is 1. The van der Waals surface area contributed by atoms with Gasteiger partial charge in [-0.3, -0.25) is 0 Å². The summed E-state index contributed by atoms with van der Waals surface area (Å²) in [6.45, 7) is 17.6. The average Bonchev–Trinajstić information content (AvgIpc) is 3.70. The van der Waals surface area contributed by atoms with Crippen LogP contribution in [0.25, 0.3) is 0 Å². The summed E-state index contributed by atoms with van der Waals surface area (Å²) in [6.07, 6.45) is 20.3. The van der Waals surface area contributed by atoms with E-state index in [1.807, 2.05) is 24.4 Å². The SMILES string of the molecule is C=C/C=C(\C=C)C1CCC1CC(NC(C)C(C)(C/C=C/C(N)CC=NC(=C)NCCCN)OC)=C1CC1. The molecule has 2 rings (SSSR count). The molecule has 0 amide bonds. The van der Waals surface area contributed by atoms with Crippen LogP contribution in [0.4, 0.5) is 0 Å². The van der Waals surface area contributed by atoms with Crippen LogP contribution in [0.3, 0.4) is 0 Å². The van der Waals surface area contributed by atoms with Crippen LogP contribution >= 0.6 is 0 Å². The maximum atomic E-state index is 6.28. The topological polar surface area (TPSA) is 97.7 Å². The molecule has 6 nitrogen and oxygen atoms in total. The van der Waals surface area contributed by atoms with Crippen molar-refractivity contribution in [3.05, 3.63) is 72.8 Å². The van der Waals surface area contributed by atoms with E-state index < -0.39 is 0 Å². The molecule has 0 aromatic carbocycles. The van der Waals surface area contributed by atoms with Crippen molar-refractivity contribution >= 4 is 6.21 Å². The number of ether oxygens (including phenoxy) is 1. The number of nitrogens with zero attached hydrogens (tertiary/aromatic N) is 1. The molecule has 5 unspecified atom stereocenters. The normalized spacial score (nSPS) is 22.7. The zero-order chi connectivity index (χ0) is 27.3. The van der Waals surface area contributed by atoms with Crippen molar-refractivity contribution in [1.82, 2.24) is 10.6 Å². The molecule has 0 spiro atoms. The Kier molecular flexibility index (Phi) is 13.1. The maximum absolute atomic E-state index is 6.28. The van der Waals surface area contributed by atoms with E-state index in [0.717, 1.165) is 25.8 Å². The largest absolute Gasteiger partial charge is 0.383 e. The first kappa shape index (κ1) is 30.8. The van der Waals surface area contributed by atoms with Crippen molar-refractivity contribution in [2.24, 2.45) is 28.3 Å². The predicted molar refractivity (Wildman–Crippen MR) is 159 cm³/mol. The van der Waals surface area contributed by atoms with Gasteiger partial charge in [-0.2, -0.15) is 0 Å². The molecule has 0 radical (unpaired) electrons. The Morgan fingerprint density at radius 1 is 1.30 bits per heavy atom. The lowest BCUT2D eigenvalue weighted by Gasteiger charge is -2.40. The highest BCUT2D eigenvalue weighted by Gasteiger charge is 2.36. The fraction of sp³-hybridized carbons (Fsp3) is 0.581. The van der Waals surface area contributed by atoms with Crippen molar-refractivity contribution in [3.8, 4) is 0 Å². The Labute approximate surface area is 225 Å². The van der Waals surface area contributed by atoms with Crippen LogP contribution in [0.15, 0.2) is 77.8 Å². The van der Waals surface area contributed by atoms with Gasteiger partial charge in [-0.25, -0.2) is 4.99 Å². The van der Waals surface area contributed by atoms with Gasteiger partial charge in [0, 0.05) is 38.0 Å². The van der Waals surface area contributed by atoms with Crippen molar-refractivity contribution in [2.75, 3.05) is 20.2 Å². The van der Waals surface area contributed by atoms with E-state index in [4.69, 9.17) is 16.2 Å². The third-order valence-corrected chi connectivity index (χ3v) is 7.80. The van der Waals surface area contributed by atoms with Crippen molar-refractivity contribution in [1.29, 1.82) is 0 Å². The highest BCUT2D eigenvalue weighted by atomic mass is 16.5. The van der Waals surface area contributed by atoms with Crippen LogP contribution in [0.5, 0.6) is 0 Å². The Morgan fingerprint density at radius 2 is 2.05 bits per heavy atom. The lowest BCUT2D eigenvalue weighted by atomic mass is 9.67. The van der Waals surface area contributed by atoms with Gasteiger partial charge in [0.05, 0.1) is 11.6 Å². The van der Waals surface area contributed by atoms with Crippen LogP contribution in [-0.4, -0.2) is 44.1 Å². The number of aliphatic imine (C=N–C) groups is 1. The molecule has 5 atom stereocenters. The maximum Gasteiger partial charge on any atom is 0.118 e. The molecule has 6 N–H and O–H groups in total. The van der Waals surface area contributed by atoms with Crippen LogP contribution < -0.4 is 22.1 Å². The molecular weight excluding hydrogens is 458 g/mol. The van der Waals surface area contributed by atoms with Gasteiger partial charge >= 0.3 is 0 Å². The van der Waals surface area contributed by atoms with E-state index in [-0.39, 0.29) is 17.7 Å². The number of allylic oxidation sites excluding steroid dienone is 6. The van der Waals surface area contributed by atoms with E-state index in [1.54, 1.807) is 12.7 Å². The van der Waals surface area contributed by atoms with Crippen molar-refractivity contribution in [3.63, 3.8) is 0 Å². The third kappa shape index (κ3) is 10.1. The Balaban J connectivity index is 1.89. The lowest BCUT2D eigenvalue weighted by Crippen LogP contribution is -2.48. The highest BCUT2D eigenvalue weighted by molar-refractivity contribution is 5.60. The quantitative estimate of drug-likeness (QED) is 0.0822. The fourth-order valence-electron chi connectivity index (χ4n) is 4.73. The lowest BCUT2D eigenvalue weighted by molar-refractivity contribution is -0.0166. The number of nitrogens with one attached hydrogen (secondary N) is 2. The summed E-state index contributed by atoms with van der Waals surface area (Å²) in [7, 11) is 1.80. The standard InChI is InChI=1S/C31H51N5O/c1-7-11-25(8-2)29-16-15-27(29)22-30(26-13-14-26)36-23(3)31(5,37-6)18-9-12-28(33)17-21-35-24(4)34-20-10-19-32/h7-9,11-12,21,23,27-29,34,36H,1-2,4,10,13-20,22,32-33H2,3,5-6H3/b12-9+,25-11+,35-21?. The number of nitrogens with two attached hydrogens (primary N) is 2. The molecule has 206 valence electrons. The summed E-state index contributed by atoms with van der Waals surface area (Å²) < 4.78 is 6.03. The molecule has 0 aromatic heterocycles. The van der Waals surface area contributed by atoms with E-state index in [2.05, 4.69) is 61.4 Å². The number of hydrogen-bond acceptors (Lipinski definition) is 6. The predicted octanol–water partition coefficient (Wildman–Crippen LogP) is 5.28. The summed E-state index contributed by atoms with van der Waals surface area (Å²) in [5, 5.41) is 7.00. The fourth-order valence-corrected chi connectivity index (χ4v) is 4.73. The monoisotopic (exact) mass is 509 g/mol. The van der Waals surface area contributed by atoms with Crippen molar-refractivity contribution < 1.29 is 4.74 Å². The first-order chi connectivity index (χ1) is 17.8. The molecule has 37 heavy (non-hydrogen) atoms. The molecule has 2 aliphatic rings. The first-order valence-corrected chi connectivity index (χ1v) is 13.8. The minimum absolute atomic E-state index is 0.104. The van der Waals surface area contributed by atoms with Gasteiger partial charge < -0.3 is 26.8 Å². The molecule has 0 aliphatic heterocycles. The second-order valence-corrected chi connectivity index (χ2v) is 10.6. The van der Waals surface area contributed by atoms with Gasteiger partial charge in [0.25, 0.3) is 0 Å². The zero-order valence-electron chi connectivity index (χ0n) is 23.5. The first-order valence-electron chi connectivity index (χ1n) is 13.8. The van der Waals surface area contributed by atoms with Crippen LogP contribution in [0, 0.1) is 11.8 Å². The summed E-state index contributed by atoms with van der Waals surface area (Å²) >= 11 is 0. The van der Waals surface area contributed by atoms with E-state index in [1.165, 1.54) is 37.0 Å². The average molecular weight is 510 g/mol. The summed E-state index contributed by atoms with van der Waals surface area (Å²) in [6, 6.07) is 0.0550. The zero-order valence-corrected chi connectivity index (χ0v) is 23.5. The minimum Gasteiger partial charge on any atom is -0.383 e. The van der Waals surface area contributed by atoms with E-state index >= 15 is 0 Å².